The summed E-state index contributed by atoms with van der Waals surface area (Å²) in [6.07, 6.45) is 0. The second-order valence-electron chi connectivity index (χ2n) is 6.12. The third-order valence-electron chi connectivity index (χ3n) is 4.00. The fraction of sp³-hybridized carbons (Fsp3) is 0.250. The molecule has 0 bridgehead atoms. The molecule has 0 saturated heterocycles. The van der Waals surface area contributed by atoms with Gasteiger partial charge in [-0.15, -0.1) is 0 Å². The van der Waals surface area contributed by atoms with Crippen molar-refractivity contribution in [2.24, 2.45) is 0 Å². The van der Waals surface area contributed by atoms with E-state index in [9.17, 15) is 10.1 Å². The van der Waals surface area contributed by atoms with Crippen LogP contribution in [-0.4, -0.2) is 18.7 Å². The van der Waals surface area contributed by atoms with Crippen LogP contribution in [0.2, 0.25) is 0 Å². The molecule has 0 heterocycles. The normalized spacial score (nSPS) is 10.2. The van der Waals surface area contributed by atoms with Gasteiger partial charge in [0.2, 0.25) is 0 Å². The standard InChI is InChI=1S/C20H22N4O/c1-12(2)19-14(11-21)6-5-7-16(19)20(25)24-15-8-9-18(23-4)17(10-15)13(3)22/h5-10,12,22-23H,1-4H3,(H,24,25). The Morgan fingerprint density at radius 3 is 2.48 bits per heavy atom. The van der Waals surface area contributed by atoms with Crippen LogP contribution in [-0.2, 0) is 0 Å². The van der Waals surface area contributed by atoms with E-state index in [1.807, 2.05) is 19.9 Å². The first-order chi connectivity index (χ1) is 11.9. The molecule has 0 fully saturated rings. The van der Waals surface area contributed by atoms with Crippen molar-refractivity contribution >= 4 is 23.0 Å². The summed E-state index contributed by atoms with van der Waals surface area (Å²) in [7, 11) is 1.79. The highest BCUT2D eigenvalue weighted by atomic mass is 16.1. The van der Waals surface area contributed by atoms with Gasteiger partial charge in [-0.05, 0) is 48.7 Å². The lowest BCUT2D eigenvalue weighted by Gasteiger charge is -2.15. The topological polar surface area (TPSA) is 88.8 Å². The smallest absolute Gasteiger partial charge is 0.255 e. The number of hydrogen-bond acceptors (Lipinski definition) is 4. The molecule has 25 heavy (non-hydrogen) atoms. The molecule has 128 valence electrons. The number of nitriles is 1. The van der Waals surface area contributed by atoms with Gasteiger partial charge in [0.1, 0.15) is 0 Å². The van der Waals surface area contributed by atoms with Gasteiger partial charge in [-0.1, -0.05) is 19.9 Å². The van der Waals surface area contributed by atoms with Crippen molar-refractivity contribution in [2.75, 3.05) is 17.7 Å². The summed E-state index contributed by atoms with van der Waals surface area (Å²) < 4.78 is 0. The number of carbonyl (C=O) groups excluding carboxylic acids is 1. The molecule has 2 rings (SSSR count). The summed E-state index contributed by atoms with van der Waals surface area (Å²) >= 11 is 0. The zero-order valence-electron chi connectivity index (χ0n) is 14.9. The molecule has 0 aliphatic rings. The number of benzene rings is 2. The Bertz CT molecular complexity index is 862. The number of carbonyl (C=O) groups is 1. The number of hydrogen-bond donors (Lipinski definition) is 3. The molecule has 3 N–H and O–H groups in total. The molecule has 0 spiro atoms. The zero-order valence-corrected chi connectivity index (χ0v) is 14.9. The first-order valence-corrected chi connectivity index (χ1v) is 8.10. The molecule has 0 radical (unpaired) electrons. The summed E-state index contributed by atoms with van der Waals surface area (Å²) in [4.78, 5) is 12.8. The van der Waals surface area contributed by atoms with Gasteiger partial charge in [0.05, 0.1) is 11.6 Å². The highest BCUT2D eigenvalue weighted by molar-refractivity contribution is 6.07. The van der Waals surface area contributed by atoms with E-state index in [1.165, 1.54) is 0 Å². The van der Waals surface area contributed by atoms with Crippen molar-refractivity contribution < 1.29 is 4.79 Å². The molecular weight excluding hydrogens is 312 g/mol. The van der Waals surface area contributed by atoms with Crippen LogP contribution < -0.4 is 10.6 Å². The number of rotatable bonds is 5. The summed E-state index contributed by atoms with van der Waals surface area (Å²) in [5, 5.41) is 23.1. The molecule has 2 aromatic carbocycles. The Morgan fingerprint density at radius 2 is 1.92 bits per heavy atom. The van der Waals surface area contributed by atoms with Crippen molar-refractivity contribution in [1.82, 2.24) is 0 Å². The van der Waals surface area contributed by atoms with Crippen molar-refractivity contribution in [2.45, 2.75) is 26.7 Å². The third kappa shape index (κ3) is 3.86. The maximum Gasteiger partial charge on any atom is 0.255 e. The van der Waals surface area contributed by atoms with Gasteiger partial charge >= 0.3 is 0 Å². The van der Waals surface area contributed by atoms with Gasteiger partial charge in [0, 0.05) is 35.3 Å². The Hall–Kier alpha value is -3.13. The highest BCUT2D eigenvalue weighted by Gasteiger charge is 2.18. The minimum Gasteiger partial charge on any atom is -0.388 e. The van der Waals surface area contributed by atoms with Gasteiger partial charge in [-0.2, -0.15) is 5.26 Å². The van der Waals surface area contributed by atoms with Crippen molar-refractivity contribution in [1.29, 1.82) is 10.7 Å². The van der Waals surface area contributed by atoms with Gasteiger partial charge in [-0.3, -0.25) is 4.79 Å². The van der Waals surface area contributed by atoms with E-state index in [-0.39, 0.29) is 11.8 Å². The second-order valence-corrected chi connectivity index (χ2v) is 6.12. The van der Waals surface area contributed by atoms with Crippen molar-refractivity contribution in [3.8, 4) is 6.07 Å². The molecule has 0 atom stereocenters. The van der Waals surface area contributed by atoms with E-state index in [0.717, 1.165) is 16.8 Å². The molecule has 5 nitrogen and oxygen atoms in total. The molecule has 0 aliphatic carbocycles. The average Bonchev–Trinajstić information content (AvgIpc) is 2.60. The maximum absolute atomic E-state index is 12.8. The number of amides is 1. The van der Waals surface area contributed by atoms with E-state index in [1.54, 1.807) is 44.3 Å². The molecule has 2 aromatic rings. The predicted octanol–water partition coefficient (Wildman–Crippen LogP) is 4.36. The summed E-state index contributed by atoms with van der Waals surface area (Å²) in [5.41, 5.74) is 4.36. The van der Waals surface area contributed by atoms with Crippen molar-refractivity contribution in [3.05, 3.63) is 58.7 Å². The Kier molecular flexibility index (Phi) is 5.56. The molecular formula is C20H22N4O. The molecule has 0 saturated carbocycles. The minimum atomic E-state index is -0.258. The van der Waals surface area contributed by atoms with Crippen LogP contribution in [0.15, 0.2) is 36.4 Å². The zero-order chi connectivity index (χ0) is 18.6. The lowest BCUT2D eigenvalue weighted by atomic mass is 9.92. The quantitative estimate of drug-likeness (QED) is 0.710. The van der Waals surface area contributed by atoms with Crippen LogP contribution in [0.3, 0.4) is 0 Å². The molecule has 1 amide bonds. The number of nitrogens with one attached hydrogen (secondary N) is 3. The predicted molar refractivity (Wildman–Crippen MR) is 102 cm³/mol. The Balaban J connectivity index is 2.40. The molecule has 0 aromatic heterocycles. The minimum absolute atomic E-state index is 0.0580. The van der Waals surface area contributed by atoms with E-state index in [4.69, 9.17) is 5.41 Å². The van der Waals surface area contributed by atoms with Crippen LogP contribution in [0.25, 0.3) is 0 Å². The van der Waals surface area contributed by atoms with Crippen LogP contribution in [0.5, 0.6) is 0 Å². The van der Waals surface area contributed by atoms with Gasteiger partial charge < -0.3 is 16.0 Å². The van der Waals surface area contributed by atoms with Gasteiger partial charge in [0.15, 0.2) is 0 Å². The number of anilines is 2. The van der Waals surface area contributed by atoms with E-state index < -0.39 is 0 Å². The van der Waals surface area contributed by atoms with Crippen LogP contribution in [0, 0.1) is 16.7 Å². The van der Waals surface area contributed by atoms with Gasteiger partial charge in [-0.25, -0.2) is 0 Å². The molecule has 5 heteroatoms. The van der Waals surface area contributed by atoms with Crippen molar-refractivity contribution in [3.63, 3.8) is 0 Å². The van der Waals surface area contributed by atoms with Gasteiger partial charge in [0.25, 0.3) is 5.91 Å². The fourth-order valence-electron chi connectivity index (χ4n) is 2.83. The SMILES string of the molecule is CNc1ccc(NC(=O)c2cccc(C#N)c2C(C)C)cc1C(C)=N. The van der Waals surface area contributed by atoms with E-state index in [0.29, 0.717) is 22.5 Å². The second kappa shape index (κ2) is 7.63. The lowest BCUT2D eigenvalue weighted by molar-refractivity contribution is 0.102. The fourth-order valence-corrected chi connectivity index (χ4v) is 2.83. The summed E-state index contributed by atoms with van der Waals surface area (Å²) in [6.45, 7) is 5.63. The first kappa shape index (κ1) is 18.2. The first-order valence-electron chi connectivity index (χ1n) is 8.10. The molecule has 0 aliphatic heterocycles. The van der Waals surface area contributed by atoms with Crippen LogP contribution >= 0.6 is 0 Å². The number of nitrogens with zero attached hydrogens (tertiary/aromatic N) is 1. The largest absolute Gasteiger partial charge is 0.388 e. The average molecular weight is 334 g/mol. The highest BCUT2D eigenvalue weighted by Crippen LogP contribution is 2.26. The monoisotopic (exact) mass is 334 g/mol. The van der Waals surface area contributed by atoms with E-state index >= 15 is 0 Å². The Morgan fingerprint density at radius 1 is 1.20 bits per heavy atom. The van der Waals surface area contributed by atoms with E-state index in [2.05, 4.69) is 16.7 Å². The third-order valence-corrected chi connectivity index (χ3v) is 4.00. The maximum atomic E-state index is 12.8. The summed E-state index contributed by atoms with van der Waals surface area (Å²) in [6, 6.07) is 12.7. The Labute approximate surface area is 148 Å². The lowest BCUT2D eigenvalue weighted by Crippen LogP contribution is -2.16. The van der Waals surface area contributed by atoms with Crippen LogP contribution in [0.1, 0.15) is 53.7 Å². The van der Waals surface area contributed by atoms with Crippen LogP contribution in [0.4, 0.5) is 11.4 Å². The molecule has 0 unspecified atom stereocenters. The summed E-state index contributed by atoms with van der Waals surface area (Å²) in [5.74, 6) is -0.200.